The first-order valence-electron chi connectivity index (χ1n) is 11.7. The van der Waals surface area contributed by atoms with Crippen molar-refractivity contribution in [3.63, 3.8) is 0 Å². The molecule has 1 atom stereocenters. The number of hydrogen-bond acceptors (Lipinski definition) is 6. The Hall–Kier alpha value is -3.93. The van der Waals surface area contributed by atoms with Gasteiger partial charge in [-0.25, -0.2) is 13.6 Å². The van der Waals surface area contributed by atoms with Gasteiger partial charge in [0.1, 0.15) is 17.3 Å². The summed E-state index contributed by atoms with van der Waals surface area (Å²) in [4.78, 5) is 34.8. The van der Waals surface area contributed by atoms with Gasteiger partial charge in [-0.15, -0.1) is 0 Å². The second-order valence-electron chi connectivity index (χ2n) is 8.86. The summed E-state index contributed by atoms with van der Waals surface area (Å²) in [5, 5.41) is 0.808. The number of rotatable bonds is 4. The number of fused-ring (bicyclic) bond motifs is 1. The second kappa shape index (κ2) is 9.85. The summed E-state index contributed by atoms with van der Waals surface area (Å²) in [5.41, 5.74) is 1.83. The van der Waals surface area contributed by atoms with Crippen molar-refractivity contribution in [3.05, 3.63) is 59.8 Å². The van der Waals surface area contributed by atoms with Crippen LogP contribution in [0.3, 0.4) is 0 Å². The molecule has 0 saturated carbocycles. The normalized spacial score (nSPS) is 17.8. The van der Waals surface area contributed by atoms with Gasteiger partial charge in [0.05, 0.1) is 25.0 Å². The minimum absolute atomic E-state index is 0.165. The monoisotopic (exact) mass is 529 g/mol. The van der Waals surface area contributed by atoms with Gasteiger partial charge >= 0.3 is 6.09 Å². The molecule has 1 unspecified atom stereocenters. The Kier molecular flexibility index (Phi) is 6.59. The zero-order valence-electron chi connectivity index (χ0n) is 20.2. The molecule has 3 aromatic rings. The largest absolute Gasteiger partial charge is 0.474 e. The van der Waals surface area contributed by atoms with Crippen molar-refractivity contribution in [2.45, 2.75) is 6.23 Å². The van der Waals surface area contributed by atoms with Crippen LogP contribution in [-0.2, 0) is 9.47 Å². The first kappa shape index (κ1) is 24.8. The predicted molar refractivity (Wildman–Crippen MR) is 138 cm³/mol. The number of aromatic amines is 1. The molecule has 194 valence electrons. The number of nitrogens with zero attached hydrogens (tertiary/aromatic N) is 4. The number of likely N-dealkylation sites (N-methyl/N-ethyl adjacent to an activating group) is 1. The third-order valence-electron chi connectivity index (χ3n) is 6.65. The van der Waals surface area contributed by atoms with Crippen molar-refractivity contribution in [1.82, 2.24) is 14.8 Å². The predicted octanol–water partition coefficient (Wildman–Crippen LogP) is 3.55. The van der Waals surface area contributed by atoms with Crippen LogP contribution in [0, 0.1) is 11.6 Å². The zero-order valence-corrected chi connectivity index (χ0v) is 21.1. The van der Waals surface area contributed by atoms with Crippen LogP contribution in [0.1, 0.15) is 10.5 Å². The average Bonchev–Trinajstić information content (AvgIpc) is 3.50. The molecule has 2 amide bonds. The number of methoxy groups -OCH3 is 1. The summed E-state index contributed by atoms with van der Waals surface area (Å²) >= 11 is 5.08. The van der Waals surface area contributed by atoms with Gasteiger partial charge in [0.15, 0.2) is 6.23 Å². The molecule has 2 aliphatic rings. The van der Waals surface area contributed by atoms with Crippen LogP contribution >= 0.6 is 12.2 Å². The van der Waals surface area contributed by atoms with Crippen molar-refractivity contribution >= 4 is 51.7 Å². The number of aromatic nitrogens is 1. The number of ether oxygens (including phenoxy) is 2. The maximum absolute atomic E-state index is 15.1. The Balaban J connectivity index is 1.23. The Bertz CT molecular complexity index is 1370. The molecule has 2 saturated heterocycles. The second-order valence-corrected chi connectivity index (χ2v) is 9.21. The lowest BCUT2D eigenvalue weighted by atomic mass is 10.2. The quantitative estimate of drug-likeness (QED) is 0.518. The van der Waals surface area contributed by atoms with Gasteiger partial charge in [-0.05, 0) is 54.7 Å². The molecule has 1 aromatic heterocycles. The summed E-state index contributed by atoms with van der Waals surface area (Å²) in [5.74, 6) is -1.03. The number of H-pyrrole nitrogens is 1. The zero-order chi connectivity index (χ0) is 26.3. The van der Waals surface area contributed by atoms with E-state index in [4.69, 9.17) is 21.7 Å². The fourth-order valence-corrected chi connectivity index (χ4v) is 4.70. The van der Waals surface area contributed by atoms with Crippen LogP contribution in [0.25, 0.3) is 10.9 Å². The summed E-state index contributed by atoms with van der Waals surface area (Å²) in [6.07, 6.45) is -1.25. The number of benzene rings is 2. The lowest BCUT2D eigenvalue weighted by Gasteiger charge is -2.36. The van der Waals surface area contributed by atoms with Crippen LogP contribution in [0.15, 0.2) is 42.5 Å². The fourth-order valence-electron chi connectivity index (χ4n) is 4.58. The summed E-state index contributed by atoms with van der Waals surface area (Å²) in [7, 11) is 3.08. The van der Waals surface area contributed by atoms with Crippen LogP contribution in [0.2, 0.25) is 0 Å². The number of cyclic esters (lactones) is 1. The van der Waals surface area contributed by atoms with Crippen LogP contribution < -0.4 is 9.80 Å². The van der Waals surface area contributed by atoms with E-state index in [1.165, 1.54) is 35.1 Å². The average molecular weight is 530 g/mol. The number of halogens is 2. The molecule has 0 radical (unpaired) electrons. The van der Waals surface area contributed by atoms with Gasteiger partial charge in [-0.2, -0.15) is 0 Å². The standard InChI is InChI=1S/C25H25F2N5O4S/c1-29(25(37)35-2)22-14-32(24(34)36-22)17-4-6-21(18(27)13-17)30-7-9-31(10-8-30)23(33)20-12-15-11-16(26)3-5-19(15)28-20/h3-6,11-13,22,28H,7-10,14H2,1-2H3. The number of nitrogens with one attached hydrogen (secondary N) is 1. The molecule has 2 fully saturated rings. The lowest BCUT2D eigenvalue weighted by Crippen LogP contribution is -2.49. The van der Waals surface area contributed by atoms with Crippen LogP contribution in [-0.4, -0.2) is 85.1 Å². The minimum Gasteiger partial charge on any atom is -0.474 e. The Labute approximate surface area is 217 Å². The molecule has 9 nitrogen and oxygen atoms in total. The Morgan fingerprint density at radius 3 is 2.59 bits per heavy atom. The van der Waals surface area contributed by atoms with E-state index < -0.39 is 18.1 Å². The maximum Gasteiger partial charge on any atom is 0.416 e. The van der Waals surface area contributed by atoms with E-state index in [0.717, 1.165) is 0 Å². The van der Waals surface area contributed by atoms with Gasteiger partial charge < -0.3 is 24.3 Å². The van der Waals surface area contributed by atoms with Gasteiger partial charge in [0.25, 0.3) is 11.1 Å². The molecule has 0 spiro atoms. The van der Waals surface area contributed by atoms with Gasteiger partial charge in [0.2, 0.25) is 0 Å². The number of thiocarbonyl (C=S) groups is 1. The Morgan fingerprint density at radius 1 is 1.14 bits per heavy atom. The summed E-state index contributed by atoms with van der Waals surface area (Å²) in [6, 6.07) is 10.5. The first-order chi connectivity index (χ1) is 17.7. The fraction of sp³-hybridized carbons (Fsp3) is 0.320. The minimum atomic E-state index is -0.649. The number of hydrogen-bond donors (Lipinski definition) is 1. The molecule has 0 bridgehead atoms. The van der Waals surface area contributed by atoms with Crippen molar-refractivity contribution in [2.75, 3.05) is 56.7 Å². The van der Waals surface area contributed by atoms with E-state index in [2.05, 4.69) is 4.98 Å². The van der Waals surface area contributed by atoms with Crippen molar-refractivity contribution in [2.24, 2.45) is 0 Å². The van der Waals surface area contributed by atoms with Crippen LogP contribution in [0.5, 0.6) is 0 Å². The molecule has 3 heterocycles. The molecule has 2 aromatic carbocycles. The van der Waals surface area contributed by atoms with Gasteiger partial charge in [-0.3, -0.25) is 14.6 Å². The molecule has 2 aliphatic heterocycles. The smallest absolute Gasteiger partial charge is 0.416 e. The third kappa shape index (κ3) is 4.76. The number of amides is 2. The van der Waals surface area contributed by atoms with Crippen LogP contribution in [0.4, 0.5) is 25.0 Å². The molecule has 1 N–H and O–H groups in total. The summed E-state index contributed by atoms with van der Waals surface area (Å²) < 4.78 is 39.0. The van der Waals surface area contributed by atoms with Crippen molar-refractivity contribution in [1.29, 1.82) is 0 Å². The molecule has 37 heavy (non-hydrogen) atoms. The molecular formula is C25H25F2N5O4S. The highest BCUT2D eigenvalue weighted by atomic mass is 32.1. The molecule has 0 aliphatic carbocycles. The maximum atomic E-state index is 15.1. The topological polar surface area (TPSA) is 81.4 Å². The first-order valence-corrected chi connectivity index (χ1v) is 12.1. The molecule has 5 rings (SSSR count). The molecule has 12 heteroatoms. The number of carbonyl (C=O) groups excluding carboxylic acids is 2. The van der Waals surface area contributed by atoms with Gasteiger partial charge in [-0.1, -0.05) is 0 Å². The van der Waals surface area contributed by atoms with E-state index >= 15 is 4.39 Å². The Morgan fingerprint density at radius 2 is 1.89 bits per heavy atom. The highest BCUT2D eigenvalue weighted by Gasteiger charge is 2.36. The van der Waals surface area contributed by atoms with E-state index in [1.54, 1.807) is 36.2 Å². The lowest BCUT2D eigenvalue weighted by molar-refractivity contribution is 0.0677. The van der Waals surface area contributed by atoms with Gasteiger partial charge in [0, 0.05) is 44.1 Å². The highest BCUT2D eigenvalue weighted by molar-refractivity contribution is 7.80. The SMILES string of the molecule is COC(=S)N(C)C1CN(c2ccc(N3CCN(C(=O)c4cc5cc(F)ccc5[nH]4)CC3)c(F)c2)C(=O)O1. The van der Waals surface area contributed by atoms with Crippen molar-refractivity contribution in [3.8, 4) is 0 Å². The van der Waals surface area contributed by atoms with E-state index in [1.807, 2.05) is 4.90 Å². The number of carbonyl (C=O) groups is 2. The third-order valence-corrected chi connectivity index (χ3v) is 7.11. The van der Waals surface area contributed by atoms with E-state index in [9.17, 15) is 14.0 Å². The number of anilines is 2. The number of piperazine rings is 1. The van der Waals surface area contributed by atoms with E-state index in [-0.39, 0.29) is 23.4 Å². The summed E-state index contributed by atoms with van der Waals surface area (Å²) in [6.45, 7) is 1.83. The van der Waals surface area contributed by atoms with Crippen molar-refractivity contribution < 1.29 is 27.8 Å². The van der Waals surface area contributed by atoms with E-state index in [0.29, 0.717) is 54.2 Å². The molecular weight excluding hydrogens is 504 g/mol. The highest BCUT2D eigenvalue weighted by Crippen LogP contribution is 2.29.